The van der Waals surface area contributed by atoms with Crippen molar-refractivity contribution < 1.29 is 24.4 Å². The fraction of sp³-hybridized carbons (Fsp3) is 0.500. The second-order valence-electron chi connectivity index (χ2n) is 9.81. The summed E-state index contributed by atoms with van der Waals surface area (Å²) in [7, 11) is 0. The van der Waals surface area contributed by atoms with Crippen LogP contribution in [-0.2, 0) is 9.53 Å². The summed E-state index contributed by atoms with van der Waals surface area (Å²) in [6.45, 7) is 7.01. The number of fused-ring (bicyclic) bond motifs is 1. The predicted octanol–water partition coefficient (Wildman–Crippen LogP) is 3.47. The van der Waals surface area contributed by atoms with Crippen molar-refractivity contribution in [3.63, 3.8) is 0 Å². The zero-order valence-electron chi connectivity index (χ0n) is 20.0. The van der Waals surface area contributed by atoms with Crippen LogP contribution >= 0.6 is 23.2 Å². The SMILES string of the molecule is CC(C)(C)N(C(=O)O)[C@H](CCN1C(=O)C2=CN=C(C3CCOCC3)[NH+]2N=C1Cl)c1ccc(Cl)cc1. The predicted molar refractivity (Wildman–Crippen MR) is 133 cm³/mol. The molecule has 2 N–H and O–H groups in total. The second-order valence-corrected chi connectivity index (χ2v) is 10.6. The summed E-state index contributed by atoms with van der Waals surface area (Å²) >= 11 is 12.6. The Morgan fingerprint density at radius 3 is 2.51 bits per heavy atom. The van der Waals surface area contributed by atoms with Crippen molar-refractivity contribution in [2.24, 2.45) is 16.0 Å². The molecule has 3 heterocycles. The van der Waals surface area contributed by atoms with Crippen LogP contribution in [0, 0.1) is 5.92 Å². The van der Waals surface area contributed by atoms with E-state index in [0.717, 1.165) is 24.2 Å². The van der Waals surface area contributed by atoms with Crippen LogP contribution in [0.2, 0.25) is 5.02 Å². The molecule has 0 aliphatic carbocycles. The van der Waals surface area contributed by atoms with Gasteiger partial charge in [-0.2, -0.15) is 4.99 Å². The molecule has 1 saturated heterocycles. The minimum atomic E-state index is -1.05. The van der Waals surface area contributed by atoms with Crippen LogP contribution in [0.25, 0.3) is 0 Å². The van der Waals surface area contributed by atoms with Gasteiger partial charge < -0.3 is 9.84 Å². The molecule has 1 aromatic carbocycles. The van der Waals surface area contributed by atoms with Crippen molar-refractivity contribution in [1.29, 1.82) is 0 Å². The quantitative estimate of drug-likeness (QED) is 0.558. The molecule has 0 radical (unpaired) electrons. The van der Waals surface area contributed by atoms with Crippen LogP contribution in [0.1, 0.15) is 51.6 Å². The molecule has 1 fully saturated rings. The average molecular weight is 523 g/mol. The number of hydrogen-bond acceptors (Lipinski definition) is 5. The number of amides is 2. The average Bonchev–Trinajstić information content (AvgIpc) is 3.22. The van der Waals surface area contributed by atoms with Gasteiger partial charge in [-0.1, -0.05) is 23.7 Å². The number of rotatable bonds is 6. The first-order valence-electron chi connectivity index (χ1n) is 11.6. The molecule has 11 heteroatoms. The maximum atomic E-state index is 13.4. The molecule has 0 spiro atoms. The second kappa shape index (κ2) is 10.3. The van der Waals surface area contributed by atoms with Crippen LogP contribution in [0.15, 0.2) is 46.3 Å². The van der Waals surface area contributed by atoms with E-state index in [9.17, 15) is 14.7 Å². The fourth-order valence-corrected chi connectivity index (χ4v) is 5.15. The Morgan fingerprint density at radius 2 is 1.91 bits per heavy atom. The molecular weight excluding hydrogens is 493 g/mol. The molecule has 1 unspecified atom stereocenters. The van der Waals surface area contributed by atoms with Crippen LogP contribution in [-0.4, -0.2) is 63.3 Å². The van der Waals surface area contributed by atoms with Gasteiger partial charge in [0.25, 0.3) is 5.29 Å². The first-order valence-corrected chi connectivity index (χ1v) is 12.4. The molecule has 0 aromatic heterocycles. The van der Waals surface area contributed by atoms with Crippen LogP contribution < -0.4 is 5.01 Å². The van der Waals surface area contributed by atoms with Gasteiger partial charge in [0.05, 0.1) is 12.0 Å². The van der Waals surface area contributed by atoms with Crippen molar-refractivity contribution in [3.8, 4) is 0 Å². The number of quaternary nitrogens is 1. The number of benzene rings is 1. The Morgan fingerprint density at radius 1 is 1.26 bits per heavy atom. The lowest BCUT2D eigenvalue weighted by atomic mass is 9.96. The van der Waals surface area contributed by atoms with Gasteiger partial charge in [-0.05, 0) is 74.4 Å². The molecule has 188 valence electrons. The third-order valence-electron chi connectivity index (χ3n) is 6.46. The Hall–Kier alpha value is -2.46. The van der Waals surface area contributed by atoms with Crippen molar-refractivity contribution in [2.45, 2.75) is 51.6 Å². The highest BCUT2D eigenvalue weighted by Crippen LogP contribution is 2.32. The van der Waals surface area contributed by atoms with Gasteiger partial charge in [-0.25, -0.2) is 4.79 Å². The van der Waals surface area contributed by atoms with E-state index >= 15 is 0 Å². The van der Waals surface area contributed by atoms with Gasteiger partial charge in [0.1, 0.15) is 6.20 Å². The van der Waals surface area contributed by atoms with E-state index in [2.05, 4.69) is 10.1 Å². The van der Waals surface area contributed by atoms with Crippen molar-refractivity contribution in [3.05, 3.63) is 46.7 Å². The van der Waals surface area contributed by atoms with Gasteiger partial charge in [0.15, 0.2) is 0 Å². The molecule has 2 atom stereocenters. The Balaban J connectivity index is 1.56. The van der Waals surface area contributed by atoms with E-state index in [1.54, 1.807) is 18.3 Å². The van der Waals surface area contributed by atoms with E-state index in [0.29, 0.717) is 35.4 Å². The summed E-state index contributed by atoms with van der Waals surface area (Å²) in [6, 6.07) is 6.54. The van der Waals surface area contributed by atoms with Crippen LogP contribution in [0.5, 0.6) is 0 Å². The number of amidine groups is 2. The topological polar surface area (TPSA) is 99.2 Å². The Kier molecular flexibility index (Phi) is 7.51. The number of carbonyl (C=O) groups excluding carboxylic acids is 1. The molecule has 3 aliphatic rings. The van der Waals surface area contributed by atoms with Gasteiger partial charge in [0, 0.05) is 30.3 Å². The zero-order valence-corrected chi connectivity index (χ0v) is 21.5. The smallest absolute Gasteiger partial charge is 0.408 e. The molecule has 0 bridgehead atoms. The number of nitrogens with one attached hydrogen (secondary N) is 1. The Bertz CT molecular complexity index is 1070. The standard InChI is InChI=1S/C24H29Cl2N5O4/c1-24(2,3)30(23(33)34)18(15-4-6-17(25)7-5-15)8-11-29-21(32)19-14-27-20(31(19)28-22(29)26)16-9-12-35-13-10-16/h4-7,14,16,18H,8-13H2,1-3H3,(H,33,34)/p+1/t18-/m1/s1. The van der Waals surface area contributed by atoms with E-state index < -0.39 is 17.7 Å². The summed E-state index contributed by atoms with van der Waals surface area (Å²) in [5.41, 5.74) is 0.521. The van der Waals surface area contributed by atoms with E-state index in [4.69, 9.17) is 27.9 Å². The number of halogens is 2. The fourth-order valence-electron chi connectivity index (χ4n) is 4.78. The van der Waals surface area contributed by atoms with E-state index in [-0.39, 0.29) is 23.7 Å². The summed E-state index contributed by atoms with van der Waals surface area (Å²) in [5, 5.41) is 15.8. The first kappa shape index (κ1) is 25.6. The zero-order chi connectivity index (χ0) is 25.3. The third-order valence-corrected chi connectivity index (χ3v) is 7.00. The lowest BCUT2D eigenvalue weighted by Gasteiger charge is -2.40. The number of carbonyl (C=O) groups is 2. The minimum absolute atomic E-state index is 0.0660. The molecular formula is C24H30Cl2N5O4+. The van der Waals surface area contributed by atoms with Crippen molar-refractivity contribution in [1.82, 2.24) is 9.80 Å². The number of aliphatic imine (C=N–C) groups is 1. The molecule has 0 saturated carbocycles. The molecule has 4 rings (SSSR count). The van der Waals surface area contributed by atoms with Crippen LogP contribution in [0.3, 0.4) is 0 Å². The highest BCUT2D eigenvalue weighted by atomic mass is 35.5. The summed E-state index contributed by atoms with van der Waals surface area (Å²) < 4.78 is 5.44. The first-order chi connectivity index (χ1) is 16.6. The maximum absolute atomic E-state index is 13.4. The van der Waals surface area contributed by atoms with Crippen molar-refractivity contribution >= 4 is 46.3 Å². The van der Waals surface area contributed by atoms with E-state index in [1.165, 1.54) is 9.80 Å². The monoisotopic (exact) mass is 522 g/mol. The lowest BCUT2D eigenvalue weighted by Crippen LogP contribution is -3.10. The molecule has 9 nitrogen and oxygen atoms in total. The highest BCUT2D eigenvalue weighted by Gasteiger charge is 2.45. The number of carboxylic acid groups (broad SMARTS) is 1. The lowest BCUT2D eigenvalue weighted by molar-refractivity contribution is -0.767. The van der Waals surface area contributed by atoms with Gasteiger partial charge in [-0.3, -0.25) is 14.6 Å². The number of nitrogens with zero attached hydrogens (tertiary/aromatic N) is 4. The molecule has 2 amide bonds. The third kappa shape index (κ3) is 5.38. The van der Waals surface area contributed by atoms with E-state index in [1.807, 2.05) is 32.9 Å². The number of hydrogen-bond donors (Lipinski definition) is 2. The largest absolute Gasteiger partial charge is 0.465 e. The Labute approximate surface area is 214 Å². The van der Waals surface area contributed by atoms with Gasteiger partial charge in [0.2, 0.25) is 11.5 Å². The normalized spacial score (nSPS) is 21.7. The molecule has 3 aliphatic heterocycles. The summed E-state index contributed by atoms with van der Waals surface area (Å²) in [4.78, 5) is 32.9. The molecule has 1 aromatic rings. The van der Waals surface area contributed by atoms with Crippen LogP contribution in [0.4, 0.5) is 4.79 Å². The summed E-state index contributed by atoms with van der Waals surface area (Å²) in [6.07, 6.45) is 2.49. The minimum Gasteiger partial charge on any atom is -0.465 e. The van der Waals surface area contributed by atoms with Crippen molar-refractivity contribution in [2.75, 3.05) is 19.8 Å². The molecule has 35 heavy (non-hydrogen) atoms. The highest BCUT2D eigenvalue weighted by molar-refractivity contribution is 6.66. The van der Waals surface area contributed by atoms with Gasteiger partial charge >= 0.3 is 12.0 Å². The van der Waals surface area contributed by atoms with Gasteiger partial charge in [-0.15, -0.1) is 5.01 Å². The maximum Gasteiger partial charge on any atom is 0.408 e. The summed E-state index contributed by atoms with van der Waals surface area (Å²) in [5.74, 6) is 0.696. The number of ether oxygens (including phenoxy) is 1.